The van der Waals surface area contributed by atoms with Gasteiger partial charge in [0.25, 0.3) is 5.91 Å². The molecule has 0 spiro atoms. The minimum Gasteiger partial charge on any atom is -0.383 e. The molecule has 0 radical (unpaired) electrons. The molecule has 29 heavy (non-hydrogen) atoms. The van der Waals surface area contributed by atoms with Gasteiger partial charge < -0.3 is 19.9 Å². The topological polar surface area (TPSA) is 60.5 Å². The van der Waals surface area contributed by atoms with E-state index < -0.39 is 0 Å². The molecule has 1 fully saturated rings. The highest BCUT2D eigenvalue weighted by Crippen LogP contribution is 2.31. The first-order valence-corrected chi connectivity index (χ1v) is 10.4. The lowest BCUT2D eigenvalue weighted by Gasteiger charge is -2.33. The van der Waals surface area contributed by atoms with Gasteiger partial charge in [-0.3, -0.25) is 4.79 Å². The molecule has 1 aliphatic rings. The third kappa shape index (κ3) is 3.93. The van der Waals surface area contributed by atoms with Crippen LogP contribution in [0.25, 0.3) is 10.9 Å². The number of piperidine rings is 1. The van der Waals surface area contributed by atoms with E-state index in [0.717, 1.165) is 42.5 Å². The van der Waals surface area contributed by atoms with Gasteiger partial charge >= 0.3 is 0 Å². The van der Waals surface area contributed by atoms with Crippen LogP contribution >= 0.6 is 0 Å². The van der Waals surface area contributed by atoms with Gasteiger partial charge in [0.1, 0.15) is 5.69 Å². The Labute approximate surface area is 172 Å². The second-order valence-electron chi connectivity index (χ2n) is 7.70. The van der Waals surface area contributed by atoms with Crippen molar-refractivity contribution in [1.29, 1.82) is 0 Å². The summed E-state index contributed by atoms with van der Waals surface area (Å²) in [5.74, 6) is 0.584. The van der Waals surface area contributed by atoms with E-state index >= 15 is 0 Å². The Kier molecular flexibility index (Phi) is 5.97. The van der Waals surface area contributed by atoms with E-state index in [4.69, 9.17) is 10.5 Å². The van der Waals surface area contributed by atoms with Crippen LogP contribution in [0.5, 0.6) is 0 Å². The molecule has 0 unspecified atom stereocenters. The van der Waals surface area contributed by atoms with E-state index in [-0.39, 0.29) is 5.91 Å². The summed E-state index contributed by atoms with van der Waals surface area (Å²) in [7, 11) is 1.69. The molecular weight excluding hydrogens is 362 g/mol. The van der Waals surface area contributed by atoms with Gasteiger partial charge in [0.2, 0.25) is 0 Å². The molecule has 1 aromatic heterocycles. The van der Waals surface area contributed by atoms with Gasteiger partial charge in [-0.25, -0.2) is 0 Å². The maximum absolute atomic E-state index is 13.4. The summed E-state index contributed by atoms with van der Waals surface area (Å²) in [6.07, 6.45) is 1.95. The van der Waals surface area contributed by atoms with Crippen molar-refractivity contribution in [1.82, 2.24) is 9.47 Å². The molecule has 152 valence electrons. The molecule has 0 atom stereocenters. The lowest BCUT2D eigenvalue weighted by atomic mass is 9.86. The van der Waals surface area contributed by atoms with Gasteiger partial charge in [0, 0.05) is 44.2 Å². The van der Waals surface area contributed by atoms with Gasteiger partial charge in [0.15, 0.2) is 0 Å². The fourth-order valence-corrected chi connectivity index (χ4v) is 4.48. The average molecular weight is 392 g/mol. The van der Waals surface area contributed by atoms with Crippen LogP contribution in [0.3, 0.4) is 0 Å². The largest absolute Gasteiger partial charge is 0.383 e. The maximum atomic E-state index is 13.4. The van der Waals surface area contributed by atoms with Crippen LogP contribution in [-0.4, -0.2) is 42.2 Å². The molecule has 0 aliphatic carbocycles. The van der Waals surface area contributed by atoms with E-state index in [2.05, 4.69) is 34.9 Å². The molecule has 5 nitrogen and oxygen atoms in total. The SMILES string of the molecule is COCCn1c(C(=O)N2CCC(c3ccccc3CN)CC2)cc2ccccc21. The van der Waals surface area contributed by atoms with Gasteiger partial charge in [-0.1, -0.05) is 42.5 Å². The summed E-state index contributed by atoms with van der Waals surface area (Å²) < 4.78 is 7.37. The first-order chi connectivity index (χ1) is 14.2. The van der Waals surface area contributed by atoms with Gasteiger partial charge in [0.05, 0.1) is 6.61 Å². The number of amides is 1. The zero-order valence-electron chi connectivity index (χ0n) is 17.0. The fourth-order valence-electron chi connectivity index (χ4n) is 4.48. The van der Waals surface area contributed by atoms with Crippen molar-refractivity contribution in [2.24, 2.45) is 5.73 Å². The number of para-hydroxylation sites is 1. The van der Waals surface area contributed by atoms with Crippen molar-refractivity contribution < 1.29 is 9.53 Å². The Balaban J connectivity index is 1.53. The lowest BCUT2D eigenvalue weighted by molar-refractivity contribution is 0.0700. The molecule has 5 heteroatoms. The van der Waals surface area contributed by atoms with Crippen LogP contribution in [0.2, 0.25) is 0 Å². The van der Waals surface area contributed by atoms with E-state index in [1.54, 1.807) is 7.11 Å². The van der Waals surface area contributed by atoms with Crippen molar-refractivity contribution in [3.63, 3.8) is 0 Å². The predicted octanol–water partition coefficient (Wildman–Crippen LogP) is 3.77. The van der Waals surface area contributed by atoms with E-state index in [1.165, 1.54) is 11.1 Å². The van der Waals surface area contributed by atoms with Gasteiger partial charge in [-0.05, 0) is 42.0 Å². The monoisotopic (exact) mass is 391 g/mol. The lowest BCUT2D eigenvalue weighted by Crippen LogP contribution is -2.39. The molecule has 0 saturated carbocycles. The van der Waals surface area contributed by atoms with Crippen molar-refractivity contribution in [2.75, 3.05) is 26.8 Å². The van der Waals surface area contributed by atoms with Crippen molar-refractivity contribution in [3.05, 3.63) is 71.4 Å². The number of nitrogens with zero attached hydrogens (tertiary/aromatic N) is 2. The quantitative estimate of drug-likeness (QED) is 0.696. The third-order valence-electron chi connectivity index (χ3n) is 6.05. The van der Waals surface area contributed by atoms with Crippen molar-refractivity contribution >= 4 is 16.8 Å². The molecule has 0 bridgehead atoms. The molecule has 1 saturated heterocycles. The molecule has 4 rings (SSSR count). The number of benzene rings is 2. The number of nitrogens with two attached hydrogens (primary N) is 1. The number of hydrogen-bond acceptors (Lipinski definition) is 3. The van der Waals surface area contributed by atoms with Crippen LogP contribution in [0, 0.1) is 0 Å². The number of carbonyl (C=O) groups excluding carboxylic acids is 1. The smallest absolute Gasteiger partial charge is 0.270 e. The zero-order valence-corrected chi connectivity index (χ0v) is 17.0. The van der Waals surface area contributed by atoms with Crippen LogP contribution in [0.15, 0.2) is 54.6 Å². The number of likely N-dealkylation sites (tertiary alicyclic amines) is 1. The fraction of sp³-hybridized carbons (Fsp3) is 0.375. The molecule has 2 N–H and O–H groups in total. The number of hydrogen-bond donors (Lipinski definition) is 1. The molecule has 2 aromatic carbocycles. The summed E-state index contributed by atoms with van der Waals surface area (Å²) in [6.45, 7) is 3.36. The second-order valence-corrected chi connectivity index (χ2v) is 7.70. The highest BCUT2D eigenvalue weighted by Gasteiger charge is 2.27. The first kappa shape index (κ1) is 19.7. The molecule has 1 amide bonds. The number of fused-ring (bicyclic) bond motifs is 1. The molecule has 1 aliphatic heterocycles. The average Bonchev–Trinajstić information content (AvgIpc) is 3.15. The number of rotatable bonds is 6. The zero-order chi connectivity index (χ0) is 20.2. The highest BCUT2D eigenvalue weighted by molar-refractivity contribution is 5.98. The summed E-state index contributed by atoms with van der Waals surface area (Å²) in [6, 6.07) is 18.6. The first-order valence-electron chi connectivity index (χ1n) is 10.4. The number of carbonyl (C=O) groups is 1. The Hall–Kier alpha value is -2.63. The van der Waals surface area contributed by atoms with Crippen LogP contribution in [-0.2, 0) is 17.8 Å². The Morgan fingerprint density at radius 2 is 1.83 bits per heavy atom. The summed E-state index contributed by atoms with van der Waals surface area (Å²) >= 11 is 0. The minimum atomic E-state index is 0.114. The normalized spacial score (nSPS) is 15.2. The van der Waals surface area contributed by atoms with Gasteiger partial charge in [-0.2, -0.15) is 0 Å². The summed E-state index contributed by atoms with van der Waals surface area (Å²) in [5.41, 5.74) is 10.3. The highest BCUT2D eigenvalue weighted by atomic mass is 16.5. The molecule has 3 aromatic rings. The standard InChI is InChI=1S/C24H29N3O2/c1-29-15-14-27-22-9-5-3-6-19(22)16-23(27)24(28)26-12-10-18(11-13-26)21-8-4-2-7-20(21)17-25/h2-9,16,18H,10-15,17,25H2,1H3. The van der Waals surface area contributed by atoms with E-state index in [0.29, 0.717) is 25.6 Å². The van der Waals surface area contributed by atoms with Crippen LogP contribution in [0.1, 0.15) is 40.4 Å². The van der Waals surface area contributed by atoms with Crippen LogP contribution in [0.4, 0.5) is 0 Å². The summed E-state index contributed by atoms with van der Waals surface area (Å²) in [5, 5.41) is 1.10. The van der Waals surface area contributed by atoms with Crippen LogP contribution < -0.4 is 5.73 Å². The predicted molar refractivity (Wildman–Crippen MR) is 116 cm³/mol. The second kappa shape index (κ2) is 8.80. The molecule has 2 heterocycles. The van der Waals surface area contributed by atoms with Crippen molar-refractivity contribution in [3.8, 4) is 0 Å². The van der Waals surface area contributed by atoms with Gasteiger partial charge in [-0.15, -0.1) is 0 Å². The van der Waals surface area contributed by atoms with E-state index in [1.807, 2.05) is 29.2 Å². The van der Waals surface area contributed by atoms with Crippen molar-refractivity contribution in [2.45, 2.75) is 31.8 Å². The number of aromatic nitrogens is 1. The summed E-state index contributed by atoms with van der Waals surface area (Å²) in [4.78, 5) is 15.4. The molecular formula is C24H29N3O2. The minimum absolute atomic E-state index is 0.114. The Bertz CT molecular complexity index is 987. The number of methoxy groups -OCH3 is 1. The number of ether oxygens (including phenoxy) is 1. The maximum Gasteiger partial charge on any atom is 0.270 e. The van der Waals surface area contributed by atoms with E-state index in [9.17, 15) is 4.79 Å². The Morgan fingerprint density at radius 1 is 1.10 bits per heavy atom. The Morgan fingerprint density at radius 3 is 2.59 bits per heavy atom. The third-order valence-corrected chi connectivity index (χ3v) is 6.05.